The lowest BCUT2D eigenvalue weighted by atomic mass is 9.86. The second-order valence-electron chi connectivity index (χ2n) is 16.5. The zero-order valence-electron chi connectivity index (χ0n) is 36.4. The van der Waals surface area contributed by atoms with Crippen molar-refractivity contribution in [2.45, 2.75) is 77.0 Å². The Labute approximate surface area is 366 Å². The zero-order chi connectivity index (χ0) is 46.2. The fraction of sp³-hybridized carbons (Fsp3) is 0.370. The molecular formula is C46H56N10O7. The molecule has 332 valence electrons. The van der Waals surface area contributed by atoms with Gasteiger partial charge < -0.3 is 53.2 Å². The van der Waals surface area contributed by atoms with Gasteiger partial charge in [0.1, 0.15) is 48.8 Å². The molecule has 4 atom stereocenters. The molecule has 1 aliphatic heterocycles. The number of benzene rings is 3. The summed E-state index contributed by atoms with van der Waals surface area (Å²) in [5.41, 5.74) is 22.6. The van der Waals surface area contributed by atoms with Crippen LogP contribution in [0.4, 0.5) is 5.69 Å². The zero-order valence-corrected chi connectivity index (χ0v) is 36.4. The van der Waals surface area contributed by atoms with E-state index in [4.69, 9.17) is 27.2 Å². The van der Waals surface area contributed by atoms with Crippen LogP contribution in [0.1, 0.15) is 72.9 Å². The first kappa shape index (κ1) is 47.0. The molecule has 1 aliphatic rings. The van der Waals surface area contributed by atoms with Crippen molar-refractivity contribution >= 4 is 35.2 Å². The lowest BCUT2D eigenvalue weighted by molar-refractivity contribution is -0.141. The van der Waals surface area contributed by atoms with Crippen LogP contribution in [0.3, 0.4) is 0 Å². The number of pyridine rings is 1. The van der Waals surface area contributed by atoms with Gasteiger partial charge in [-0.1, -0.05) is 57.2 Å². The largest absolute Gasteiger partial charge is 0.507 e. The number of carbonyl (C=O) groups is 5. The highest BCUT2D eigenvalue weighted by molar-refractivity contribution is 6.03. The number of ether oxygens (including phenoxy) is 1. The molecule has 63 heavy (non-hydrogen) atoms. The van der Waals surface area contributed by atoms with Gasteiger partial charge in [-0.3, -0.25) is 29.0 Å². The van der Waals surface area contributed by atoms with Gasteiger partial charge in [0.15, 0.2) is 0 Å². The summed E-state index contributed by atoms with van der Waals surface area (Å²) in [6.07, 6.45) is -0.0692. The Hall–Kier alpha value is -7.03. The number of aromatic hydroxyl groups is 1. The molecule has 0 fully saturated rings. The number of aromatic nitrogens is 1. The van der Waals surface area contributed by atoms with E-state index in [2.05, 4.69) is 47.0 Å². The molecule has 0 saturated carbocycles. The molecule has 1 aromatic heterocycles. The van der Waals surface area contributed by atoms with Gasteiger partial charge in [-0.2, -0.15) is 5.26 Å². The topological polar surface area (TPSA) is 281 Å². The Bertz CT molecular complexity index is 2380. The van der Waals surface area contributed by atoms with Crippen LogP contribution in [0, 0.1) is 18.3 Å². The van der Waals surface area contributed by atoms with Crippen LogP contribution in [0.5, 0.6) is 11.5 Å². The van der Waals surface area contributed by atoms with Crippen LogP contribution in [0.2, 0.25) is 0 Å². The van der Waals surface area contributed by atoms with Crippen molar-refractivity contribution in [2.24, 2.45) is 11.5 Å². The molecule has 17 heteroatoms. The standard InChI is InChI=1S/C46H56N10O7/c1-25-39(33(50)24-35(52-25)28-8-11-30(12-9-28)46(3,4)5)43(60)54-34(15-16-47)45(62)56(6)40-29-10-14-38(63-20-18-49)32(23-29)31-21-27(7-13-37(31)57)22-36(42(59)51-19-17-48)55-41(58)26(2)53-44(40)61/h7-14,21,23-24,26,34,36,40,57H,15-16,18-20,22,47,49H2,1-6H3,(H2,50,52)(H,51,59)(H,53,61)(H,54,60)(H,55,58)/t26-,34?,36-,40-/m0/s1. The minimum absolute atomic E-state index is 0.0230. The second-order valence-corrected chi connectivity index (χ2v) is 16.5. The Morgan fingerprint density at radius 2 is 1.71 bits per heavy atom. The van der Waals surface area contributed by atoms with Crippen LogP contribution < -0.4 is 43.2 Å². The molecule has 0 spiro atoms. The van der Waals surface area contributed by atoms with E-state index in [1.54, 1.807) is 43.3 Å². The monoisotopic (exact) mass is 860 g/mol. The van der Waals surface area contributed by atoms with E-state index in [1.165, 1.54) is 20.0 Å². The van der Waals surface area contributed by atoms with Crippen molar-refractivity contribution in [3.8, 4) is 40.0 Å². The van der Waals surface area contributed by atoms with Gasteiger partial charge in [0.25, 0.3) is 5.91 Å². The SMILES string of the molecule is Cc1nc(-c2ccc(C(C)(C)C)cc2)cc(N)c1C(=O)NC(CCN)C(=O)N(C)[C@@H]1C(=O)N[C@@H](C)C(=O)N[C@H](C(=O)NCC#N)Cc2ccc(O)c(c2)-c2cc1ccc2OCCN. The van der Waals surface area contributed by atoms with Crippen molar-refractivity contribution in [3.05, 3.63) is 94.7 Å². The predicted octanol–water partition coefficient (Wildman–Crippen LogP) is 2.48. The fourth-order valence-electron chi connectivity index (χ4n) is 7.36. The van der Waals surface area contributed by atoms with Crippen molar-refractivity contribution in [1.82, 2.24) is 31.2 Å². The summed E-state index contributed by atoms with van der Waals surface area (Å²) in [7, 11) is 1.38. The minimum Gasteiger partial charge on any atom is -0.507 e. The number of fused-ring (bicyclic) bond motifs is 5. The number of phenols is 1. The van der Waals surface area contributed by atoms with Gasteiger partial charge in [0, 0.05) is 42.4 Å². The Balaban J connectivity index is 1.53. The van der Waals surface area contributed by atoms with Gasteiger partial charge in [0.2, 0.25) is 23.6 Å². The van der Waals surface area contributed by atoms with Gasteiger partial charge in [-0.25, -0.2) is 0 Å². The average molecular weight is 861 g/mol. The Kier molecular flexibility index (Phi) is 15.1. The maximum absolute atomic E-state index is 14.6. The van der Waals surface area contributed by atoms with Crippen molar-refractivity contribution in [1.29, 1.82) is 5.26 Å². The summed E-state index contributed by atoms with van der Waals surface area (Å²) >= 11 is 0. The van der Waals surface area contributed by atoms with Crippen molar-refractivity contribution in [2.75, 3.05) is 39.0 Å². The van der Waals surface area contributed by atoms with E-state index in [9.17, 15) is 29.1 Å². The highest BCUT2D eigenvalue weighted by Gasteiger charge is 2.36. The summed E-state index contributed by atoms with van der Waals surface area (Å²) in [6.45, 7) is 9.35. The third kappa shape index (κ3) is 11.1. The van der Waals surface area contributed by atoms with E-state index >= 15 is 0 Å². The summed E-state index contributed by atoms with van der Waals surface area (Å²) in [6, 6.07) is 15.6. The molecule has 4 aromatic rings. The number of aryl methyl sites for hydroxylation is 1. The number of nitrogen functional groups attached to an aromatic ring is 1. The number of amides is 5. The highest BCUT2D eigenvalue weighted by Crippen LogP contribution is 2.39. The number of carbonyl (C=O) groups excluding carboxylic acids is 5. The normalized spacial score (nSPS) is 16.9. The lowest BCUT2D eigenvalue weighted by Gasteiger charge is -2.32. The highest BCUT2D eigenvalue weighted by atomic mass is 16.5. The summed E-state index contributed by atoms with van der Waals surface area (Å²) in [5, 5.41) is 30.8. The Morgan fingerprint density at radius 3 is 2.35 bits per heavy atom. The van der Waals surface area contributed by atoms with E-state index in [0.717, 1.165) is 16.0 Å². The van der Waals surface area contributed by atoms with Gasteiger partial charge >= 0.3 is 0 Å². The number of nitriles is 1. The van der Waals surface area contributed by atoms with E-state index in [-0.39, 0.29) is 72.6 Å². The molecule has 1 unspecified atom stereocenters. The number of hydrogen-bond donors (Lipinski definition) is 8. The van der Waals surface area contributed by atoms with Crippen LogP contribution in [0.15, 0.2) is 66.7 Å². The second kappa shape index (κ2) is 20.2. The number of likely N-dealkylation sites (N-methyl/N-ethyl adjacent to an activating group) is 1. The first-order chi connectivity index (χ1) is 29.9. The smallest absolute Gasteiger partial charge is 0.255 e. The Morgan fingerprint density at radius 1 is 1.00 bits per heavy atom. The third-order valence-electron chi connectivity index (χ3n) is 10.8. The molecule has 0 aliphatic carbocycles. The van der Waals surface area contributed by atoms with Crippen LogP contribution >= 0.6 is 0 Å². The first-order valence-electron chi connectivity index (χ1n) is 20.6. The van der Waals surface area contributed by atoms with Crippen LogP contribution in [-0.4, -0.2) is 95.9 Å². The summed E-state index contributed by atoms with van der Waals surface area (Å²) < 4.78 is 5.97. The predicted molar refractivity (Wildman–Crippen MR) is 238 cm³/mol. The quantitative estimate of drug-likeness (QED) is 0.0955. The number of nitrogens with zero attached hydrogens (tertiary/aromatic N) is 3. The van der Waals surface area contributed by atoms with E-state index in [1.807, 2.05) is 30.3 Å². The number of nitrogens with one attached hydrogen (secondary N) is 4. The molecular weight excluding hydrogens is 805 g/mol. The molecule has 0 saturated heterocycles. The lowest BCUT2D eigenvalue weighted by Crippen LogP contribution is -2.56. The van der Waals surface area contributed by atoms with E-state index in [0.29, 0.717) is 28.3 Å². The molecule has 5 rings (SSSR count). The molecule has 5 amide bonds. The van der Waals surface area contributed by atoms with E-state index < -0.39 is 53.7 Å². The number of anilines is 1. The summed E-state index contributed by atoms with van der Waals surface area (Å²) in [4.78, 5) is 75.6. The number of nitrogens with two attached hydrogens (primary N) is 3. The molecule has 0 radical (unpaired) electrons. The van der Waals surface area contributed by atoms with Gasteiger partial charge in [-0.15, -0.1) is 0 Å². The first-order valence-corrected chi connectivity index (χ1v) is 20.6. The average Bonchev–Trinajstić information content (AvgIpc) is 3.24. The molecule has 4 bridgehead atoms. The fourth-order valence-corrected chi connectivity index (χ4v) is 7.36. The number of phenolic OH excluding ortho intramolecular Hbond substituents is 1. The van der Waals surface area contributed by atoms with Crippen LogP contribution in [-0.2, 0) is 31.0 Å². The molecule has 17 nitrogen and oxygen atoms in total. The number of rotatable bonds is 12. The van der Waals surface area contributed by atoms with Crippen LogP contribution in [0.25, 0.3) is 22.4 Å². The minimum atomic E-state index is -1.44. The molecule has 2 heterocycles. The van der Waals surface area contributed by atoms with Gasteiger partial charge in [0.05, 0.1) is 23.0 Å². The van der Waals surface area contributed by atoms with Gasteiger partial charge in [-0.05, 0) is 79.3 Å². The van der Waals surface area contributed by atoms with Crippen molar-refractivity contribution in [3.63, 3.8) is 0 Å². The summed E-state index contributed by atoms with van der Waals surface area (Å²) in [5.74, 6) is -3.41. The maximum atomic E-state index is 14.6. The maximum Gasteiger partial charge on any atom is 0.255 e. The molecule has 3 aromatic carbocycles. The van der Waals surface area contributed by atoms with Crippen molar-refractivity contribution < 1.29 is 33.8 Å². The molecule has 11 N–H and O–H groups in total. The third-order valence-corrected chi connectivity index (χ3v) is 10.8. The number of hydrogen-bond acceptors (Lipinski definition) is 12.